The number of aromatic nitrogens is 2. The van der Waals surface area contributed by atoms with Crippen molar-refractivity contribution in [1.29, 1.82) is 0 Å². The zero-order valence-electron chi connectivity index (χ0n) is 11.3. The fraction of sp³-hybridized carbons (Fsp3) is 0.333. The quantitative estimate of drug-likeness (QED) is 0.677. The fourth-order valence-corrected chi connectivity index (χ4v) is 2.91. The van der Waals surface area contributed by atoms with E-state index in [4.69, 9.17) is 0 Å². The second-order valence-corrected chi connectivity index (χ2v) is 5.24. The molecule has 9 heteroatoms. The van der Waals surface area contributed by atoms with Gasteiger partial charge in [0.05, 0.1) is 22.6 Å². The molecular formula is C12H12F2N4O2S. The van der Waals surface area contributed by atoms with E-state index >= 15 is 0 Å². The zero-order chi connectivity index (χ0) is 15.6. The normalized spacial score (nSPS) is 12.4. The Hall–Kier alpha value is -2.00. The highest BCUT2D eigenvalue weighted by Gasteiger charge is 2.24. The number of hydrogen-bond donors (Lipinski definition) is 1. The van der Waals surface area contributed by atoms with Gasteiger partial charge in [-0.3, -0.25) is 10.1 Å². The van der Waals surface area contributed by atoms with Crippen molar-refractivity contribution in [1.82, 2.24) is 15.5 Å². The first-order chi connectivity index (χ1) is 9.97. The van der Waals surface area contributed by atoms with Crippen LogP contribution in [-0.4, -0.2) is 22.2 Å². The number of hydrogen-bond acceptors (Lipinski definition) is 6. The Morgan fingerprint density at radius 1 is 1.38 bits per heavy atom. The molecule has 1 aromatic heterocycles. The minimum atomic E-state index is -1.27. The second-order valence-electron chi connectivity index (χ2n) is 4.24. The molecule has 0 amide bonds. The molecular weight excluding hydrogens is 302 g/mol. The molecule has 0 aliphatic rings. The summed E-state index contributed by atoms with van der Waals surface area (Å²) >= 11 is 1.11. The molecule has 0 fully saturated rings. The summed E-state index contributed by atoms with van der Waals surface area (Å²) in [5.74, 6) is -2.43. The van der Waals surface area contributed by atoms with Gasteiger partial charge in [0.25, 0.3) is 5.69 Å². The molecule has 2 aromatic rings. The standard InChI is InChI=1S/C12H12F2N4O2S/c1-3-9(15-2)12-17-16-11(21-12)6-4-7(13)8(14)5-10(6)18(19)20/h4-5,9,15H,3H2,1-2H3. The molecule has 6 nitrogen and oxygen atoms in total. The van der Waals surface area contributed by atoms with Gasteiger partial charge in [-0.05, 0) is 19.5 Å². The Morgan fingerprint density at radius 3 is 2.62 bits per heavy atom. The van der Waals surface area contributed by atoms with Crippen molar-refractivity contribution in [3.05, 3.63) is 38.9 Å². The summed E-state index contributed by atoms with van der Waals surface area (Å²) in [7, 11) is 1.76. The molecule has 1 atom stereocenters. The van der Waals surface area contributed by atoms with Crippen LogP contribution in [0.2, 0.25) is 0 Å². The summed E-state index contributed by atoms with van der Waals surface area (Å²) in [6.45, 7) is 1.95. The average Bonchev–Trinajstić information content (AvgIpc) is 2.92. The number of nitro groups is 1. The van der Waals surface area contributed by atoms with E-state index < -0.39 is 22.2 Å². The van der Waals surface area contributed by atoms with Crippen molar-refractivity contribution < 1.29 is 13.7 Å². The van der Waals surface area contributed by atoms with Crippen LogP contribution < -0.4 is 5.32 Å². The molecule has 0 saturated heterocycles. The molecule has 0 saturated carbocycles. The van der Waals surface area contributed by atoms with Gasteiger partial charge in [-0.1, -0.05) is 18.3 Å². The van der Waals surface area contributed by atoms with Gasteiger partial charge < -0.3 is 5.32 Å². The van der Waals surface area contributed by atoms with Crippen molar-refractivity contribution >= 4 is 17.0 Å². The van der Waals surface area contributed by atoms with Gasteiger partial charge in [-0.2, -0.15) is 0 Å². The first kappa shape index (κ1) is 15.4. The molecule has 21 heavy (non-hydrogen) atoms. The molecule has 0 aliphatic heterocycles. The number of nitrogens with zero attached hydrogens (tertiary/aromatic N) is 3. The third kappa shape index (κ3) is 3.03. The summed E-state index contributed by atoms with van der Waals surface area (Å²) in [6, 6.07) is 1.29. The van der Waals surface area contributed by atoms with E-state index in [1.54, 1.807) is 7.05 Å². The zero-order valence-corrected chi connectivity index (χ0v) is 12.1. The van der Waals surface area contributed by atoms with Crippen LogP contribution in [0.5, 0.6) is 0 Å². The Bertz CT molecular complexity index is 673. The molecule has 1 aromatic carbocycles. The predicted octanol–water partition coefficient (Wildman–Crippen LogP) is 3.06. The Labute approximate surface area is 123 Å². The summed E-state index contributed by atoms with van der Waals surface area (Å²) < 4.78 is 26.5. The molecule has 0 spiro atoms. The van der Waals surface area contributed by atoms with Crippen LogP contribution in [0.1, 0.15) is 24.4 Å². The first-order valence-electron chi connectivity index (χ1n) is 6.12. The Morgan fingerprint density at radius 2 is 2.05 bits per heavy atom. The van der Waals surface area contributed by atoms with E-state index in [9.17, 15) is 18.9 Å². The monoisotopic (exact) mass is 314 g/mol. The lowest BCUT2D eigenvalue weighted by atomic mass is 10.2. The molecule has 112 valence electrons. The van der Waals surface area contributed by atoms with Gasteiger partial charge in [-0.15, -0.1) is 10.2 Å². The first-order valence-corrected chi connectivity index (χ1v) is 6.94. The highest BCUT2D eigenvalue weighted by Crippen LogP contribution is 2.35. The molecule has 0 aliphatic carbocycles. The van der Waals surface area contributed by atoms with Gasteiger partial charge in [0, 0.05) is 0 Å². The third-order valence-corrected chi connectivity index (χ3v) is 4.03. The average molecular weight is 314 g/mol. The Balaban J connectivity index is 2.51. The molecule has 0 radical (unpaired) electrons. The number of rotatable bonds is 5. The van der Waals surface area contributed by atoms with E-state index in [-0.39, 0.29) is 16.6 Å². The lowest BCUT2D eigenvalue weighted by Crippen LogP contribution is -2.14. The maximum absolute atomic E-state index is 13.4. The highest BCUT2D eigenvalue weighted by atomic mass is 32.1. The number of benzene rings is 1. The highest BCUT2D eigenvalue weighted by molar-refractivity contribution is 7.14. The summed E-state index contributed by atoms with van der Waals surface area (Å²) in [4.78, 5) is 10.2. The molecule has 1 heterocycles. The molecule has 0 bridgehead atoms. The van der Waals surface area contributed by atoms with E-state index in [1.807, 2.05) is 6.92 Å². The lowest BCUT2D eigenvalue weighted by molar-refractivity contribution is -0.384. The van der Waals surface area contributed by atoms with Crippen LogP contribution in [0.3, 0.4) is 0 Å². The summed E-state index contributed by atoms with van der Waals surface area (Å²) in [5.41, 5.74) is -0.609. The topological polar surface area (TPSA) is 81.0 Å². The van der Waals surface area contributed by atoms with Crippen molar-refractivity contribution in [3.63, 3.8) is 0 Å². The minimum absolute atomic E-state index is 0.0411. The van der Waals surface area contributed by atoms with Crippen LogP contribution in [0, 0.1) is 21.7 Å². The lowest BCUT2D eigenvalue weighted by Gasteiger charge is -2.08. The van der Waals surface area contributed by atoms with Crippen LogP contribution in [0.15, 0.2) is 12.1 Å². The number of nitrogens with one attached hydrogen (secondary N) is 1. The van der Waals surface area contributed by atoms with E-state index in [0.717, 1.165) is 23.8 Å². The van der Waals surface area contributed by atoms with Crippen molar-refractivity contribution in [3.8, 4) is 10.6 Å². The van der Waals surface area contributed by atoms with E-state index in [1.165, 1.54) is 0 Å². The summed E-state index contributed by atoms with van der Waals surface area (Å²) in [5, 5.41) is 22.6. The molecule has 2 rings (SSSR count). The molecule has 1 unspecified atom stereocenters. The van der Waals surface area contributed by atoms with Gasteiger partial charge >= 0.3 is 0 Å². The maximum Gasteiger partial charge on any atom is 0.282 e. The minimum Gasteiger partial charge on any atom is -0.311 e. The largest absolute Gasteiger partial charge is 0.311 e. The van der Waals surface area contributed by atoms with Gasteiger partial charge in [0.2, 0.25) is 0 Å². The van der Waals surface area contributed by atoms with Gasteiger partial charge in [-0.25, -0.2) is 8.78 Å². The second kappa shape index (κ2) is 6.19. The van der Waals surface area contributed by atoms with E-state index in [2.05, 4.69) is 15.5 Å². The van der Waals surface area contributed by atoms with Crippen LogP contribution in [0.4, 0.5) is 14.5 Å². The van der Waals surface area contributed by atoms with Crippen molar-refractivity contribution in [2.75, 3.05) is 7.05 Å². The van der Waals surface area contributed by atoms with Crippen LogP contribution in [-0.2, 0) is 0 Å². The van der Waals surface area contributed by atoms with Crippen molar-refractivity contribution in [2.45, 2.75) is 19.4 Å². The predicted molar refractivity (Wildman–Crippen MR) is 74.0 cm³/mol. The van der Waals surface area contributed by atoms with E-state index in [0.29, 0.717) is 11.1 Å². The van der Waals surface area contributed by atoms with Crippen molar-refractivity contribution in [2.24, 2.45) is 0 Å². The Kier molecular flexibility index (Phi) is 4.53. The SMILES string of the molecule is CCC(NC)c1nnc(-c2cc(F)c(F)cc2[N+](=O)[O-])s1. The maximum atomic E-state index is 13.4. The molecule has 1 N–H and O–H groups in total. The van der Waals surface area contributed by atoms with Crippen LogP contribution >= 0.6 is 11.3 Å². The van der Waals surface area contributed by atoms with Crippen LogP contribution in [0.25, 0.3) is 10.6 Å². The van der Waals surface area contributed by atoms with Gasteiger partial charge in [0.1, 0.15) is 5.01 Å². The fourth-order valence-electron chi connectivity index (χ4n) is 1.85. The smallest absolute Gasteiger partial charge is 0.282 e. The van der Waals surface area contributed by atoms with Gasteiger partial charge in [0.15, 0.2) is 16.6 Å². The number of halogens is 2. The third-order valence-electron chi connectivity index (χ3n) is 2.96. The summed E-state index contributed by atoms with van der Waals surface area (Å²) in [6.07, 6.45) is 0.755. The number of nitro benzene ring substituents is 1.